The largest absolute Gasteiger partial charge is 0.444 e. The topological polar surface area (TPSA) is 29.5 Å². The van der Waals surface area contributed by atoms with Gasteiger partial charge in [0.1, 0.15) is 5.60 Å². The third-order valence-electron chi connectivity index (χ3n) is 5.43. The molecule has 0 radical (unpaired) electrons. The Morgan fingerprint density at radius 1 is 1.16 bits per heavy atom. The number of ether oxygens (including phenoxy) is 1. The van der Waals surface area contributed by atoms with Crippen LogP contribution < -0.4 is 0 Å². The minimum Gasteiger partial charge on any atom is -0.444 e. The summed E-state index contributed by atoms with van der Waals surface area (Å²) >= 11 is 0. The second kappa shape index (κ2) is 5.10. The van der Waals surface area contributed by atoms with E-state index in [4.69, 9.17) is 4.74 Å². The molecule has 0 saturated carbocycles. The van der Waals surface area contributed by atoms with Gasteiger partial charge in [0, 0.05) is 0 Å². The number of nitrogens with zero attached hydrogens (tertiary/aromatic N) is 1. The zero-order chi connectivity index (χ0) is 18.0. The molecule has 2 heterocycles. The van der Waals surface area contributed by atoms with Crippen molar-refractivity contribution in [2.24, 2.45) is 0 Å². The molecule has 0 N–H and O–H groups in total. The number of benzene rings is 2. The number of hydrogen-bond donors (Lipinski definition) is 0. The Kier molecular flexibility index (Phi) is 3.31. The van der Waals surface area contributed by atoms with E-state index in [1.165, 1.54) is 27.8 Å². The van der Waals surface area contributed by atoms with Crippen molar-refractivity contribution in [3.05, 3.63) is 70.3 Å². The van der Waals surface area contributed by atoms with Gasteiger partial charge in [-0.15, -0.1) is 0 Å². The summed E-state index contributed by atoms with van der Waals surface area (Å²) < 4.78 is 5.79. The highest BCUT2D eigenvalue weighted by Crippen LogP contribution is 2.55. The van der Waals surface area contributed by atoms with Crippen LogP contribution in [0.2, 0.25) is 0 Å². The number of fused-ring (bicyclic) bond motifs is 7. The van der Waals surface area contributed by atoms with E-state index in [9.17, 15) is 4.79 Å². The molecule has 1 amide bonds. The van der Waals surface area contributed by atoms with Crippen LogP contribution in [0.3, 0.4) is 0 Å². The molecule has 0 spiro atoms. The summed E-state index contributed by atoms with van der Waals surface area (Å²) in [7, 11) is 0. The fourth-order valence-corrected chi connectivity index (χ4v) is 4.46. The molecule has 2 aromatic rings. The fourth-order valence-electron chi connectivity index (χ4n) is 4.46. The number of carbonyl (C=O) groups excluding carboxylic acids is 1. The molecule has 130 valence electrons. The van der Waals surface area contributed by atoms with Crippen molar-refractivity contribution < 1.29 is 9.53 Å². The maximum absolute atomic E-state index is 13.1. The summed E-state index contributed by atoms with van der Waals surface area (Å²) in [5.74, 6) is 0. The highest BCUT2D eigenvalue weighted by Gasteiger charge is 2.55. The number of rotatable bonds is 0. The van der Waals surface area contributed by atoms with E-state index in [-0.39, 0.29) is 12.1 Å². The maximum atomic E-state index is 13.1. The Hall–Kier alpha value is -2.29. The molecule has 4 rings (SSSR count). The van der Waals surface area contributed by atoms with Gasteiger partial charge in [0.25, 0.3) is 0 Å². The van der Waals surface area contributed by atoms with Crippen molar-refractivity contribution in [2.45, 2.75) is 58.2 Å². The SMILES string of the molecule is Cc1ccc2c(c1)C1Cc3ccccc3C2(C)N1C(=O)OC(C)(C)C. The molecule has 0 aromatic heterocycles. The first-order valence-electron chi connectivity index (χ1n) is 8.93. The van der Waals surface area contributed by atoms with E-state index >= 15 is 0 Å². The summed E-state index contributed by atoms with van der Waals surface area (Å²) in [6, 6.07) is 15.1. The first-order chi connectivity index (χ1) is 11.7. The molecule has 0 saturated heterocycles. The molecule has 3 heteroatoms. The van der Waals surface area contributed by atoms with Gasteiger partial charge in [-0.3, -0.25) is 4.90 Å². The van der Waals surface area contributed by atoms with Crippen molar-refractivity contribution in [1.82, 2.24) is 4.90 Å². The molecular weight excluding hydrogens is 310 g/mol. The van der Waals surface area contributed by atoms with Crippen LogP contribution in [0.1, 0.15) is 61.6 Å². The fraction of sp³-hybridized carbons (Fsp3) is 0.409. The minimum atomic E-state index is -0.508. The molecular formula is C22H25NO2. The van der Waals surface area contributed by atoms with Crippen LogP contribution in [-0.2, 0) is 16.7 Å². The van der Waals surface area contributed by atoms with Crippen LogP contribution in [0.15, 0.2) is 42.5 Å². The summed E-state index contributed by atoms with van der Waals surface area (Å²) in [6.45, 7) is 10.0. The van der Waals surface area contributed by atoms with Gasteiger partial charge in [0.05, 0.1) is 11.6 Å². The molecule has 2 aliphatic rings. The van der Waals surface area contributed by atoms with Crippen LogP contribution in [0, 0.1) is 6.92 Å². The van der Waals surface area contributed by atoms with Crippen molar-refractivity contribution >= 4 is 6.09 Å². The van der Waals surface area contributed by atoms with Crippen LogP contribution in [0.4, 0.5) is 4.79 Å². The van der Waals surface area contributed by atoms with E-state index in [2.05, 4.69) is 56.3 Å². The average Bonchev–Trinajstić information content (AvgIpc) is 2.70. The first kappa shape index (κ1) is 16.2. The van der Waals surface area contributed by atoms with Crippen molar-refractivity contribution in [1.29, 1.82) is 0 Å². The lowest BCUT2D eigenvalue weighted by Crippen LogP contribution is -2.50. The zero-order valence-electron chi connectivity index (χ0n) is 15.6. The predicted molar refractivity (Wildman–Crippen MR) is 98.6 cm³/mol. The van der Waals surface area contributed by atoms with Gasteiger partial charge < -0.3 is 4.74 Å². The highest BCUT2D eigenvalue weighted by atomic mass is 16.6. The Labute approximate surface area is 149 Å². The quantitative estimate of drug-likeness (QED) is 0.670. The van der Waals surface area contributed by atoms with E-state index in [0.717, 1.165) is 6.42 Å². The van der Waals surface area contributed by atoms with Crippen LogP contribution in [-0.4, -0.2) is 16.6 Å². The van der Waals surface area contributed by atoms with Crippen molar-refractivity contribution in [3.63, 3.8) is 0 Å². The highest BCUT2D eigenvalue weighted by molar-refractivity contribution is 5.75. The summed E-state index contributed by atoms with van der Waals surface area (Å²) in [6.07, 6.45) is 0.602. The van der Waals surface area contributed by atoms with E-state index < -0.39 is 11.1 Å². The smallest absolute Gasteiger partial charge is 0.411 e. The molecule has 2 atom stereocenters. The second-order valence-corrected chi connectivity index (χ2v) is 8.39. The molecule has 2 aromatic carbocycles. The van der Waals surface area contributed by atoms with Gasteiger partial charge in [-0.25, -0.2) is 4.79 Å². The molecule has 2 bridgehead atoms. The predicted octanol–water partition coefficient (Wildman–Crippen LogP) is 5.11. The third kappa shape index (κ3) is 2.29. The number of amides is 1. The monoisotopic (exact) mass is 335 g/mol. The lowest BCUT2D eigenvalue weighted by atomic mass is 9.81. The summed E-state index contributed by atoms with van der Waals surface area (Å²) in [5, 5.41) is 0. The van der Waals surface area contributed by atoms with Gasteiger partial charge >= 0.3 is 6.09 Å². The Balaban J connectivity index is 1.92. The van der Waals surface area contributed by atoms with Crippen LogP contribution >= 0.6 is 0 Å². The van der Waals surface area contributed by atoms with E-state index in [1.807, 2.05) is 25.7 Å². The van der Waals surface area contributed by atoms with Crippen LogP contribution in [0.25, 0.3) is 0 Å². The minimum absolute atomic E-state index is 0.0321. The Morgan fingerprint density at radius 2 is 1.88 bits per heavy atom. The molecule has 3 nitrogen and oxygen atoms in total. The summed E-state index contributed by atoms with van der Waals surface area (Å²) in [4.78, 5) is 15.1. The standard InChI is InChI=1S/C22H25NO2/c1-14-10-11-18-16(12-14)19-13-15-8-6-7-9-17(15)22(18,5)23(19)20(24)25-21(2,3)4/h6-12,19H,13H2,1-5H3. The second-order valence-electron chi connectivity index (χ2n) is 8.39. The molecule has 2 unspecified atom stereocenters. The maximum Gasteiger partial charge on any atom is 0.411 e. The van der Waals surface area contributed by atoms with Gasteiger partial charge in [-0.2, -0.15) is 0 Å². The molecule has 0 aliphatic carbocycles. The van der Waals surface area contributed by atoms with Gasteiger partial charge in [-0.05, 0) is 63.3 Å². The Bertz CT molecular complexity index is 865. The van der Waals surface area contributed by atoms with E-state index in [1.54, 1.807) is 0 Å². The van der Waals surface area contributed by atoms with Gasteiger partial charge in [0.2, 0.25) is 0 Å². The first-order valence-corrected chi connectivity index (χ1v) is 8.93. The summed E-state index contributed by atoms with van der Waals surface area (Å²) in [5.41, 5.74) is 5.24. The molecule has 25 heavy (non-hydrogen) atoms. The van der Waals surface area contributed by atoms with Gasteiger partial charge in [-0.1, -0.05) is 48.0 Å². The van der Waals surface area contributed by atoms with Crippen LogP contribution in [0.5, 0.6) is 0 Å². The number of hydrogen-bond acceptors (Lipinski definition) is 2. The van der Waals surface area contributed by atoms with E-state index in [0.29, 0.717) is 0 Å². The lowest BCUT2D eigenvalue weighted by Gasteiger charge is -2.44. The number of carbonyl (C=O) groups is 1. The average molecular weight is 335 g/mol. The van der Waals surface area contributed by atoms with Crippen molar-refractivity contribution in [2.75, 3.05) is 0 Å². The van der Waals surface area contributed by atoms with Gasteiger partial charge in [0.15, 0.2) is 0 Å². The number of aryl methyl sites for hydroxylation is 1. The molecule has 0 fully saturated rings. The third-order valence-corrected chi connectivity index (χ3v) is 5.43. The lowest BCUT2D eigenvalue weighted by molar-refractivity contribution is -0.00447. The zero-order valence-corrected chi connectivity index (χ0v) is 15.6. The van der Waals surface area contributed by atoms with Crippen molar-refractivity contribution in [3.8, 4) is 0 Å². The Morgan fingerprint density at radius 3 is 2.60 bits per heavy atom. The molecule has 2 aliphatic heterocycles. The normalized spacial score (nSPS) is 23.9.